The summed E-state index contributed by atoms with van der Waals surface area (Å²) in [6.07, 6.45) is 5.72. The number of hydrogen-bond donors (Lipinski definition) is 1. The van der Waals surface area contributed by atoms with Gasteiger partial charge in [-0.2, -0.15) is 5.10 Å². The van der Waals surface area contributed by atoms with Crippen molar-refractivity contribution in [2.75, 3.05) is 13.1 Å². The molecule has 1 aromatic heterocycles. The standard InChI is InChI=1S/C16H31N3/c1-6-7-15(12-17-11-13(2)3)10-16-8-9-19(18-16)14(4)5/h8-9,13-15,17H,6-7,10-12H2,1-5H3. The number of hydrogen-bond acceptors (Lipinski definition) is 2. The van der Waals surface area contributed by atoms with E-state index >= 15 is 0 Å². The number of aromatic nitrogens is 2. The number of nitrogens with zero attached hydrogens (tertiary/aromatic N) is 2. The summed E-state index contributed by atoms with van der Waals surface area (Å²) in [6.45, 7) is 13.3. The Bertz CT molecular complexity index is 342. The van der Waals surface area contributed by atoms with Crippen LogP contribution in [0.1, 0.15) is 59.2 Å². The van der Waals surface area contributed by atoms with Crippen molar-refractivity contribution in [1.82, 2.24) is 15.1 Å². The van der Waals surface area contributed by atoms with E-state index in [1.807, 2.05) is 0 Å². The first-order chi connectivity index (χ1) is 9.02. The van der Waals surface area contributed by atoms with Gasteiger partial charge < -0.3 is 5.32 Å². The highest BCUT2D eigenvalue weighted by atomic mass is 15.3. The Morgan fingerprint density at radius 2 is 1.95 bits per heavy atom. The number of rotatable bonds is 9. The van der Waals surface area contributed by atoms with E-state index in [1.54, 1.807) is 0 Å². The largest absolute Gasteiger partial charge is 0.316 e. The zero-order chi connectivity index (χ0) is 14.3. The Morgan fingerprint density at radius 3 is 2.47 bits per heavy atom. The molecule has 0 fully saturated rings. The summed E-state index contributed by atoms with van der Waals surface area (Å²) in [5, 5.41) is 8.25. The average molecular weight is 265 g/mol. The van der Waals surface area contributed by atoms with Gasteiger partial charge in [0.2, 0.25) is 0 Å². The van der Waals surface area contributed by atoms with Crippen molar-refractivity contribution in [3.05, 3.63) is 18.0 Å². The van der Waals surface area contributed by atoms with E-state index in [9.17, 15) is 0 Å². The third kappa shape index (κ3) is 6.24. The van der Waals surface area contributed by atoms with Gasteiger partial charge in [-0.1, -0.05) is 27.2 Å². The van der Waals surface area contributed by atoms with Crippen molar-refractivity contribution >= 4 is 0 Å². The first kappa shape index (κ1) is 16.2. The van der Waals surface area contributed by atoms with Gasteiger partial charge in [0.1, 0.15) is 0 Å². The molecule has 0 spiro atoms. The van der Waals surface area contributed by atoms with Gasteiger partial charge in [0, 0.05) is 12.2 Å². The first-order valence-electron chi connectivity index (χ1n) is 7.77. The van der Waals surface area contributed by atoms with E-state index in [1.165, 1.54) is 18.5 Å². The van der Waals surface area contributed by atoms with Crippen molar-refractivity contribution in [1.29, 1.82) is 0 Å². The zero-order valence-corrected chi connectivity index (χ0v) is 13.3. The smallest absolute Gasteiger partial charge is 0.0627 e. The van der Waals surface area contributed by atoms with Crippen LogP contribution < -0.4 is 5.32 Å². The van der Waals surface area contributed by atoms with Gasteiger partial charge in [-0.15, -0.1) is 0 Å². The van der Waals surface area contributed by atoms with Crippen LogP contribution in [0.15, 0.2) is 12.3 Å². The van der Waals surface area contributed by atoms with Crippen LogP contribution in [-0.4, -0.2) is 22.9 Å². The van der Waals surface area contributed by atoms with E-state index in [2.05, 4.69) is 62.0 Å². The third-order valence-corrected chi connectivity index (χ3v) is 3.37. The van der Waals surface area contributed by atoms with Gasteiger partial charge in [0.25, 0.3) is 0 Å². The SMILES string of the molecule is CCCC(CNCC(C)C)Cc1ccn(C(C)C)n1. The minimum absolute atomic E-state index is 0.456. The molecule has 1 N–H and O–H groups in total. The molecule has 0 radical (unpaired) electrons. The van der Waals surface area contributed by atoms with Gasteiger partial charge >= 0.3 is 0 Å². The summed E-state index contributed by atoms with van der Waals surface area (Å²) in [6, 6.07) is 2.63. The van der Waals surface area contributed by atoms with Gasteiger partial charge in [-0.3, -0.25) is 4.68 Å². The molecule has 0 aliphatic rings. The lowest BCUT2D eigenvalue weighted by atomic mass is 9.98. The molecule has 3 nitrogen and oxygen atoms in total. The molecule has 1 atom stereocenters. The van der Waals surface area contributed by atoms with Crippen molar-refractivity contribution in [3.8, 4) is 0 Å². The summed E-state index contributed by atoms with van der Waals surface area (Å²) in [4.78, 5) is 0. The molecule has 0 aliphatic heterocycles. The fraction of sp³-hybridized carbons (Fsp3) is 0.812. The molecule has 0 bridgehead atoms. The van der Waals surface area contributed by atoms with Gasteiger partial charge in [0.05, 0.1) is 5.69 Å². The first-order valence-corrected chi connectivity index (χ1v) is 7.77. The monoisotopic (exact) mass is 265 g/mol. The molecule has 0 saturated carbocycles. The quantitative estimate of drug-likeness (QED) is 0.738. The Labute approximate surface area is 118 Å². The van der Waals surface area contributed by atoms with Crippen LogP contribution in [0.5, 0.6) is 0 Å². The second-order valence-electron chi connectivity index (χ2n) is 6.29. The average Bonchev–Trinajstić information content (AvgIpc) is 2.77. The molecule has 1 aromatic rings. The van der Waals surface area contributed by atoms with Crippen molar-refractivity contribution < 1.29 is 0 Å². The highest BCUT2D eigenvalue weighted by Crippen LogP contribution is 2.14. The molecule has 0 saturated heterocycles. The molecule has 0 aliphatic carbocycles. The van der Waals surface area contributed by atoms with E-state index in [0.29, 0.717) is 12.0 Å². The van der Waals surface area contributed by atoms with E-state index in [4.69, 9.17) is 0 Å². The maximum atomic E-state index is 4.66. The summed E-state index contributed by atoms with van der Waals surface area (Å²) in [5.41, 5.74) is 1.23. The van der Waals surface area contributed by atoms with Gasteiger partial charge in [-0.25, -0.2) is 0 Å². The summed E-state index contributed by atoms with van der Waals surface area (Å²) >= 11 is 0. The third-order valence-electron chi connectivity index (χ3n) is 3.37. The highest BCUT2D eigenvalue weighted by Gasteiger charge is 2.11. The molecular formula is C16H31N3. The van der Waals surface area contributed by atoms with Crippen LogP contribution in [0, 0.1) is 11.8 Å². The van der Waals surface area contributed by atoms with Crippen LogP contribution in [0.3, 0.4) is 0 Å². The lowest BCUT2D eigenvalue weighted by Crippen LogP contribution is -2.27. The van der Waals surface area contributed by atoms with Crippen LogP contribution in [0.4, 0.5) is 0 Å². The molecule has 110 valence electrons. The molecule has 0 aromatic carbocycles. The van der Waals surface area contributed by atoms with Gasteiger partial charge in [0.15, 0.2) is 0 Å². The maximum absolute atomic E-state index is 4.66. The van der Waals surface area contributed by atoms with Crippen LogP contribution in [0.2, 0.25) is 0 Å². The normalized spacial score (nSPS) is 13.4. The van der Waals surface area contributed by atoms with Crippen molar-refractivity contribution in [2.45, 2.75) is 59.9 Å². The van der Waals surface area contributed by atoms with E-state index in [0.717, 1.165) is 25.4 Å². The predicted molar refractivity (Wildman–Crippen MR) is 82.4 cm³/mol. The van der Waals surface area contributed by atoms with E-state index in [-0.39, 0.29) is 0 Å². The van der Waals surface area contributed by atoms with E-state index < -0.39 is 0 Å². The molecule has 1 heterocycles. The zero-order valence-electron chi connectivity index (χ0n) is 13.3. The second kappa shape index (κ2) is 8.36. The molecule has 0 amide bonds. The topological polar surface area (TPSA) is 29.9 Å². The highest BCUT2D eigenvalue weighted by molar-refractivity contribution is 5.01. The Hall–Kier alpha value is -0.830. The summed E-state index contributed by atoms with van der Waals surface area (Å²) < 4.78 is 2.06. The predicted octanol–water partition coefficient (Wildman–Crippen LogP) is 3.67. The van der Waals surface area contributed by atoms with Crippen LogP contribution >= 0.6 is 0 Å². The van der Waals surface area contributed by atoms with Crippen LogP contribution in [-0.2, 0) is 6.42 Å². The minimum atomic E-state index is 0.456. The number of nitrogens with one attached hydrogen (secondary N) is 1. The molecule has 19 heavy (non-hydrogen) atoms. The molecule has 1 rings (SSSR count). The van der Waals surface area contributed by atoms with Crippen molar-refractivity contribution in [3.63, 3.8) is 0 Å². The lowest BCUT2D eigenvalue weighted by Gasteiger charge is -2.17. The Morgan fingerprint density at radius 1 is 1.21 bits per heavy atom. The van der Waals surface area contributed by atoms with Crippen LogP contribution in [0.25, 0.3) is 0 Å². The molecular weight excluding hydrogens is 234 g/mol. The Kier molecular flexibility index (Phi) is 7.14. The van der Waals surface area contributed by atoms with Gasteiger partial charge in [-0.05, 0) is 57.7 Å². The fourth-order valence-electron chi connectivity index (χ4n) is 2.33. The summed E-state index contributed by atoms with van der Waals surface area (Å²) in [5.74, 6) is 1.43. The summed E-state index contributed by atoms with van der Waals surface area (Å²) in [7, 11) is 0. The van der Waals surface area contributed by atoms with Crippen molar-refractivity contribution in [2.24, 2.45) is 11.8 Å². The molecule has 3 heteroatoms. The minimum Gasteiger partial charge on any atom is -0.316 e. The lowest BCUT2D eigenvalue weighted by molar-refractivity contribution is 0.414. The maximum Gasteiger partial charge on any atom is 0.0627 e. The Balaban J connectivity index is 2.46. The second-order valence-corrected chi connectivity index (χ2v) is 6.29. The fourth-order valence-corrected chi connectivity index (χ4v) is 2.33. The molecule has 1 unspecified atom stereocenters.